The highest BCUT2D eigenvalue weighted by Crippen LogP contribution is 2.12. The molecule has 1 amide bonds. The van der Waals surface area contributed by atoms with E-state index in [-0.39, 0.29) is 23.8 Å². The molecule has 0 fully saturated rings. The van der Waals surface area contributed by atoms with E-state index in [0.29, 0.717) is 16.9 Å². The summed E-state index contributed by atoms with van der Waals surface area (Å²) in [6, 6.07) is 11.4. The Balaban J connectivity index is 1.68. The number of fused-ring (bicyclic) bond motifs is 1. The number of ether oxygens (including phenoxy) is 1. The molecule has 7 heteroatoms. The smallest absolute Gasteiger partial charge is 0.262 e. The Morgan fingerprint density at radius 2 is 1.92 bits per heavy atom. The molecule has 0 aliphatic carbocycles. The Labute approximate surface area is 149 Å². The van der Waals surface area contributed by atoms with Crippen molar-refractivity contribution in [1.29, 1.82) is 0 Å². The molecule has 0 aliphatic heterocycles. The maximum absolute atomic E-state index is 12.1. The van der Waals surface area contributed by atoms with E-state index in [2.05, 4.69) is 10.3 Å². The lowest BCUT2D eigenvalue weighted by Gasteiger charge is -2.09. The second kappa shape index (κ2) is 7.18. The van der Waals surface area contributed by atoms with Crippen LogP contribution in [-0.2, 0) is 4.79 Å². The number of rotatable bonds is 5. The van der Waals surface area contributed by atoms with Gasteiger partial charge in [0, 0.05) is 17.4 Å². The molecule has 132 valence electrons. The van der Waals surface area contributed by atoms with Crippen molar-refractivity contribution in [3.05, 3.63) is 70.1 Å². The van der Waals surface area contributed by atoms with Crippen LogP contribution in [0.2, 0.25) is 0 Å². The number of carbonyl (C=O) groups excluding carboxylic acids is 2. The molecule has 0 atom stereocenters. The standard InChI is InChI=1S/C19H17N3O4/c1-12-4-3-9-22-18(25)10-17(21-19(12)22)26-11-16(24)20-15-7-5-14(6-8-15)13(2)23/h3-10H,11H2,1-2H3,(H,20,24). The Bertz CT molecular complexity index is 1040. The van der Waals surface area contributed by atoms with E-state index in [0.717, 1.165) is 5.56 Å². The van der Waals surface area contributed by atoms with Crippen molar-refractivity contribution in [2.75, 3.05) is 11.9 Å². The van der Waals surface area contributed by atoms with Crippen LogP contribution in [0.4, 0.5) is 5.69 Å². The van der Waals surface area contributed by atoms with Crippen LogP contribution >= 0.6 is 0 Å². The fourth-order valence-electron chi connectivity index (χ4n) is 2.44. The van der Waals surface area contributed by atoms with Crippen LogP contribution in [0.25, 0.3) is 5.65 Å². The van der Waals surface area contributed by atoms with Gasteiger partial charge in [0.1, 0.15) is 5.65 Å². The Morgan fingerprint density at radius 1 is 1.19 bits per heavy atom. The number of anilines is 1. The largest absolute Gasteiger partial charge is 0.467 e. The first-order chi connectivity index (χ1) is 12.4. The van der Waals surface area contributed by atoms with E-state index >= 15 is 0 Å². The first kappa shape index (κ1) is 17.3. The van der Waals surface area contributed by atoms with Crippen molar-refractivity contribution in [2.24, 2.45) is 0 Å². The van der Waals surface area contributed by atoms with Gasteiger partial charge < -0.3 is 10.1 Å². The van der Waals surface area contributed by atoms with Crippen LogP contribution in [0.5, 0.6) is 5.88 Å². The highest BCUT2D eigenvalue weighted by atomic mass is 16.5. The number of nitrogens with zero attached hydrogens (tertiary/aromatic N) is 2. The van der Waals surface area contributed by atoms with Gasteiger partial charge >= 0.3 is 0 Å². The lowest BCUT2D eigenvalue weighted by Crippen LogP contribution is -2.22. The van der Waals surface area contributed by atoms with E-state index in [9.17, 15) is 14.4 Å². The zero-order valence-corrected chi connectivity index (χ0v) is 14.4. The first-order valence-electron chi connectivity index (χ1n) is 7.97. The molecule has 3 aromatic rings. The van der Waals surface area contributed by atoms with E-state index in [1.807, 2.05) is 13.0 Å². The summed E-state index contributed by atoms with van der Waals surface area (Å²) < 4.78 is 6.77. The van der Waals surface area contributed by atoms with Gasteiger partial charge in [0.25, 0.3) is 11.5 Å². The van der Waals surface area contributed by atoms with Crippen molar-refractivity contribution >= 4 is 23.0 Å². The van der Waals surface area contributed by atoms with E-state index in [4.69, 9.17) is 4.74 Å². The Kier molecular flexibility index (Phi) is 4.79. The van der Waals surface area contributed by atoms with Crippen molar-refractivity contribution < 1.29 is 14.3 Å². The second-order valence-corrected chi connectivity index (χ2v) is 5.79. The zero-order chi connectivity index (χ0) is 18.7. The van der Waals surface area contributed by atoms with Crippen LogP contribution in [0.3, 0.4) is 0 Å². The topological polar surface area (TPSA) is 89.8 Å². The fraction of sp³-hybridized carbons (Fsp3) is 0.158. The van der Waals surface area contributed by atoms with Crippen molar-refractivity contribution in [3.63, 3.8) is 0 Å². The minimum absolute atomic E-state index is 0.0461. The molecule has 0 spiro atoms. The number of amides is 1. The lowest BCUT2D eigenvalue weighted by molar-refractivity contribution is -0.118. The Hall–Kier alpha value is -3.48. The molecule has 0 bridgehead atoms. The molecule has 1 aromatic carbocycles. The molecule has 1 N–H and O–H groups in total. The van der Waals surface area contributed by atoms with Crippen LogP contribution < -0.4 is 15.6 Å². The van der Waals surface area contributed by atoms with Gasteiger partial charge in [-0.25, -0.2) is 0 Å². The molecular formula is C19H17N3O4. The molecule has 0 saturated heterocycles. The third-order valence-corrected chi connectivity index (χ3v) is 3.79. The number of Topliss-reactive ketones (excluding diaryl/α,β-unsaturated/α-hetero) is 1. The molecule has 26 heavy (non-hydrogen) atoms. The minimum Gasteiger partial charge on any atom is -0.467 e. The van der Waals surface area contributed by atoms with Gasteiger partial charge in [-0.1, -0.05) is 6.07 Å². The average Bonchev–Trinajstić information content (AvgIpc) is 2.61. The van der Waals surface area contributed by atoms with Gasteiger partial charge in [-0.15, -0.1) is 0 Å². The van der Waals surface area contributed by atoms with Crippen LogP contribution in [0, 0.1) is 6.92 Å². The van der Waals surface area contributed by atoms with Gasteiger partial charge in [0.2, 0.25) is 5.88 Å². The van der Waals surface area contributed by atoms with Crippen LogP contribution in [-0.4, -0.2) is 27.7 Å². The summed E-state index contributed by atoms with van der Waals surface area (Å²) in [5.74, 6) is -0.353. The SMILES string of the molecule is CC(=O)c1ccc(NC(=O)COc2cc(=O)n3cccc(C)c3n2)cc1. The third-order valence-electron chi connectivity index (χ3n) is 3.79. The molecule has 7 nitrogen and oxygen atoms in total. The molecule has 0 radical (unpaired) electrons. The molecule has 0 aliphatic rings. The van der Waals surface area contributed by atoms with E-state index in [1.54, 1.807) is 36.5 Å². The molecule has 0 unspecified atom stereocenters. The first-order valence-corrected chi connectivity index (χ1v) is 7.97. The number of hydrogen-bond donors (Lipinski definition) is 1. The minimum atomic E-state index is -0.396. The third kappa shape index (κ3) is 3.77. The van der Waals surface area contributed by atoms with Crippen LogP contribution in [0.15, 0.2) is 53.5 Å². The number of carbonyl (C=O) groups is 2. The quantitative estimate of drug-likeness (QED) is 0.712. The number of benzene rings is 1. The van der Waals surface area contributed by atoms with E-state index in [1.165, 1.54) is 17.4 Å². The predicted molar refractivity (Wildman–Crippen MR) is 96.8 cm³/mol. The summed E-state index contributed by atoms with van der Waals surface area (Å²) >= 11 is 0. The summed E-state index contributed by atoms with van der Waals surface area (Å²) in [6.07, 6.45) is 1.62. The average molecular weight is 351 g/mol. The predicted octanol–water partition coefficient (Wildman–Crippen LogP) is 2.22. The summed E-state index contributed by atoms with van der Waals surface area (Å²) in [5.41, 5.74) is 2.13. The summed E-state index contributed by atoms with van der Waals surface area (Å²) in [4.78, 5) is 39.6. The molecule has 2 heterocycles. The number of hydrogen-bond acceptors (Lipinski definition) is 5. The highest BCUT2D eigenvalue weighted by Gasteiger charge is 2.08. The van der Waals surface area contributed by atoms with Crippen molar-refractivity contribution in [3.8, 4) is 5.88 Å². The van der Waals surface area contributed by atoms with Gasteiger partial charge in [0.05, 0.1) is 6.07 Å². The molecule has 0 saturated carbocycles. The number of ketones is 1. The zero-order valence-electron chi connectivity index (χ0n) is 14.4. The molecule has 3 rings (SSSR count). The van der Waals surface area contributed by atoms with Gasteiger partial charge in [0.15, 0.2) is 12.4 Å². The summed E-state index contributed by atoms with van der Waals surface area (Å²) in [5, 5.41) is 2.66. The number of pyridine rings is 1. The second-order valence-electron chi connectivity index (χ2n) is 5.79. The summed E-state index contributed by atoms with van der Waals surface area (Å²) in [7, 11) is 0. The van der Waals surface area contributed by atoms with Gasteiger partial charge in [-0.05, 0) is 49.7 Å². The van der Waals surface area contributed by atoms with E-state index < -0.39 is 5.91 Å². The van der Waals surface area contributed by atoms with Gasteiger partial charge in [-0.3, -0.25) is 18.8 Å². The van der Waals surface area contributed by atoms with Gasteiger partial charge in [-0.2, -0.15) is 4.98 Å². The Morgan fingerprint density at radius 3 is 2.62 bits per heavy atom. The number of aromatic nitrogens is 2. The normalized spacial score (nSPS) is 10.5. The molecule has 2 aromatic heterocycles. The number of aryl methyl sites for hydroxylation is 1. The monoisotopic (exact) mass is 351 g/mol. The van der Waals surface area contributed by atoms with Crippen molar-refractivity contribution in [2.45, 2.75) is 13.8 Å². The van der Waals surface area contributed by atoms with Crippen LogP contribution in [0.1, 0.15) is 22.8 Å². The summed E-state index contributed by atoms with van der Waals surface area (Å²) in [6.45, 7) is 3.02. The lowest BCUT2D eigenvalue weighted by atomic mass is 10.1. The highest BCUT2D eigenvalue weighted by molar-refractivity contribution is 5.95. The molecular weight excluding hydrogens is 334 g/mol. The number of nitrogens with one attached hydrogen (secondary N) is 1. The maximum atomic E-state index is 12.1. The fourth-order valence-corrected chi connectivity index (χ4v) is 2.44. The maximum Gasteiger partial charge on any atom is 0.262 e. The van der Waals surface area contributed by atoms with Crippen molar-refractivity contribution in [1.82, 2.24) is 9.38 Å².